The normalized spacial score (nSPS) is 18.1. The quantitative estimate of drug-likeness (QED) is 0.399. The van der Waals surface area contributed by atoms with Gasteiger partial charge in [0.1, 0.15) is 11.6 Å². The number of rotatable bonds is 3. The molecule has 0 radical (unpaired) electrons. The third kappa shape index (κ3) is 3.26. The van der Waals surface area contributed by atoms with Crippen LogP contribution in [0.2, 0.25) is 0 Å². The van der Waals surface area contributed by atoms with Crippen molar-refractivity contribution in [1.82, 2.24) is 4.98 Å². The van der Waals surface area contributed by atoms with Crippen molar-refractivity contribution in [2.45, 2.75) is 19.9 Å². The molecule has 4 rings (SSSR count). The molecule has 2 aromatic carbocycles. The second-order valence-electron chi connectivity index (χ2n) is 7.23. The summed E-state index contributed by atoms with van der Waals surface area (Å²) in [4.78, 5) is 31.5. The van der Waals surface area contributed by atoms with Gasteiger partial charge in [-0.05, 0) is 73.0 Å². The molecule has 1 amide bonds. The highest BCUT2D eigenvalue weighted by Gasteiger charge is 2.47. The highest BCUT2D eigenvalue weighted by Crippen LogP contribution is 2.42. The maximum atomic E-state index is 13.3. The van der Waals surface area contributed by atoms with Crippen molar-refractivity contribution in [1.29, 1.82) is 0 Å². The lowest BCUT2D eigenvalue weighted by molar-refractivity contribution is -0.132. The first-order valence-corrected chi connectivity index (χ1v) is 9.42. The Morgan fingerprint density at radius 1 is 1.03 bits per heavy atom. The van der Waals surface area contributed by atoms with Crippen LogP contribution in [0, 0.1) is 19.7 Å². The molecule has 150 valence electrons. The smallest absolute Gasteiger partial charge is 0.300 e. The molecule has 1 saturated heterocycles. The van der Waals surface area contributed by atoms with E-state index in [1.807, 2.05) is 26.0 Å². The summed E-state index contributed by atoms with van der Waals surface area (Å²) < 4.78 is 13.3. The van der Waals surface area contributed by atoms with Gasteiger partial charge in [0, 0.05) is 23.6 Å². The fourth-order valence-electron chi connectivity index (χ4n) is 3.59. The first-order chi connectivity index (χ1) is 14.4. The van der Waals surface area contributed by atoms with E-state index in [9.17, 15) is 19.1 Å². The number of carbonyl (C=O) groups is 2. The highest BCUT2D eigenvalue weighted by molar-refractivity contribution is 6.51. The van der Waals surface area contributed by atoms with Crippen LogP contribution in [0.5, 0.6) is 0 Å². The number of halogens is 1. The Morgan fingerprint density at radius 3 is 2.40 bits per heavy atom. The van der Waals surface area contributed by atoms with Gasteiger partial charge in [-0.2, -0.15) is 0 Å². The number of nitrogens with zero attached hydrogens (tertiary/aromatic N) is 2. The Labute approximate surface area is 173 Å². The fourth-order valence-corrected chi connectivity index (χ4v) is 3.59. The minimum absolute atomic E-state index is 0.0576. The van der Waals surface area contributed by atoms with Gasteiger partial charge in [0.05, 0.1) is 11.6 Å². The summed E-state index contributed by atoms with van der Waals surface area (Å²) in [5.41, 5.74) is 3.35. The van der Waals surface area contributed by atoms with Gasteiger partial charge in [-0.15, -0.1) is 0 Å². The summed E-state index contributed by atoms with van der Waals surface area (Å²) >= 11 is 0. The van der Waals surface area contributed by atoms with E-state index in [4.69, 9.17) is 0 Å². The predicted octanol–water partition coefficient (Wildman–Crippen LogP) is 4.46. The van der Waals surface area contributed by atoms with Gasteiger partial charge in [-0.25, -0.2) is 4.39 Å². The number of amides is 1. The van der Waals surface area contributed by atoms with Crippen LogP contribution in [0.1, 0.15) is 28.3 Å². The first-order valence-electron chi connectivity index (χ1n) is 9.42. The number of aliphatic hydroxyl groups excluding tert-OH is 1. The van der Waals surface area contributed by atoms with Crippen LogP contribution in [-0.4, -0.2) is 21.8 Å². The molecule has 1 N–H and O–H groups in total. The van der Waals surface area contributed by atoms with E-state index in [0.29, 0.717) is 11.3 Å². The molecule has 3 aromatic rings. The zero-order chi connectivity index (χ0) is 21.4. The first kappa shape index (κ1) is 19.5. The molecular formula is C24H19FN2O3. The average molecular weight is 402 g/mol. The second-order valence-corrected chi connectivity index (χ2v) is 7.23. The van der Waals surface area contributed by atoms with Crippen molar-refractivity contribution >= 4 is 23.1 Å². The van der Waals surface area contributed by atoms with Crippen molar-refractivity contribution in [2.24, 2.45) is 0 Å². The Balaban J connectivity index is 1.94. The lowest BCUT2D eigenvalue weighted by Gasteiger charge is -2.25. The molecule has 2 heterocycles. The molecule has 1 aliphatic rings. The number of aryl methyl sites for hydroxylation is 2. The Kier molecular flexibility index (Phi) is 4.91. The highest BCUT2D eigenvalue weighted by atomic mass is 19.1. The third-order valence-corrected chi connectivity index (χ3v) is 5.33. The third-order valence-electron chi connectivity index (χ3n) is 5.33. The largest absolute Gasteiger partial charge is 0.507 e. The van der Waals surface area contributed by atoms with Gasteiger partial charge in [-0.1, -0.05) is 12.1 Å². The Hall–Kier alpha value is -3.80. The van der Waals surface area contributed by atoms with E-state index in [2.05, 4.69) is 4.98 Å². The van der Waals surface area contributed by atoms with Crippen molar-refractivity contribution in [3.05, 3.63) is 101 Å². The zero-order valence-electron chi connectivity index (χ0n) is 16.5. The number of aromatic nitrogens is 1. The molecule has 5 nitrogen and oxygen atoms in total. The molecule has 1 fully saturated rings. The minimum Gasteiger partial charge on any atom is -0.507 e. The van der Waals surface area contributed by atoms with E-state index in [1.54, 1.807) is 30.6 Å². The number of hydrogen-bond acceptors (Lipinski definition) is 4. The summed E-state index contributed by atoms with van der Waals surface area (Å²) in [6, 6.07) is 13.2. The van der Waals surface area contributed by atoms with E-state index in [-0.39, 0.29) is 16.9 Å². The van der Waals surface area contributed by atoms with E-state index >= 15 is 0 Å². The van der Waals surface area contributed by atoms with Crippen LogP contribution in [0.4, 0.5) is 10.1 Å². The Bertz CT molecular complexity index is 1170. The molecule has 0 bridgehead atoms. The van der Waals surface area contributed by atoms with Gasteiger partial charge in [-0.3, -0.25) is 19.5 Å². The molecule has 30 heavy (non-hydrogen) atoms. The predicted molar refractivity (Wildman–Crippen MR) is 111 cm³/mol. The average Bonchev–Trinajstić information content (AvgIpc) is 3.01. The van der Waals surface area contributed by atoms with Gasteiger partial charge in [0.25, 0.3) is 11.7 Å². The SMILES string of the molecule is Cc1ccc(N2C(=O)C(=O)/C(=C(/O)c3ccc(F)cc3)C2c2cccnc2)cc1C. The van der Waals surface area contributed by atoms with Crippen LogP contribution in [-0.2, 0) is 9.59 Å². The topological polar surface area (TPSA) is 70.5 Å². The summed E-state index contributed by atoms with van der Waals surface area (Å²) in [5.74, 6) is -2.36. The van der Waals surface area contributed by atoms with Crippen LogP contribution >= 0.6 is 0 Å². The molecule has 1 atom stereocenters. The van der Waals surface area contributed by atoms with Crippen LogP contribution < -0.4 is 4.90 Å². The monoisotopic (exact) mass is 402 g/mol. The zero-order valence-corrected chi connectivity index (χ0v) is 16.5. The maximum Gasteiger partial charge on any atom is 0.300 e. The molecule has 1 aromatic heterocycles. The fraction of sp³-hybridized carbons (Fsp3) is 0.125. The van der Waals surface area contributed by atoms with Crippen molar-refractivity contribution in [3.8, 4) is 0 Å². The molecule has 6 heteroatoms. The number of benzene rings is 2. The lowest BCUT2D eigenvalue weighted by atomic mass is 9.96. The number of pyridine rings is 1. The summed E-state index contributed by atoms with van der Waals surface area (Å²) in [5, 5.41) is 10.9. The van der Waals surface area contributed by atoms with Gasteiger partial charge < -0.3 is 5.11 Å². The van der Waals surface area contributed by atoms with Crippen LogP contribution in [0.25, 0.3) is 5.76 Å². The van der Waals surface area contributed by atoms with Crippen molar-refractivity contribution in [2.75, 3.05) is 4.90 Å². The molecule has 1 aliphatic heterocycles. The van der Waals surface area contributed by atoms with Gasteiger partial charge in [0.15, 0.2) is 0 Å². The number of hydrogen-bond donors (Lipinski definition) is 1. The lowest BCUT2D eigenvalue weighted by Crippen LogP contribution is -2.29. The van der Waals surface area contributed by atoms with Crippen LogP contribution in [0.15, 0.2) is 72.6 Å². The maximum absolute atomic E-state index is 13.3. The molecule has 0 saturated carbocycles. The number of ketones is 1. The van der Waals surface area contributed by atoms with Crippen molar-refractivity contribution in [3.63, 3.8) is 0 Å². The van der Waals surface area contributed by atoms with E-state index < -0.39 is 23.5 Å². The molecule has 0 spiro atoms. The standard InChI is InChI=1S/C24H19FN2O3/c1-14-5-10-19(12-15(14)2)27-21(17-4-3-11-26-13-17)20(23(29)24(27)30)22(28)16-6-8-18(25)9-7-16/h3-13,21,28H,1-2H3/b22-20+. The minimum atomic E-state index is -0.856. The number of carbonyl (C=O) groups excluding carboxylic acids is 2. The van der Waals surface area contributed by atoms with Crippen LogP contribution in [0.3, 0.4) is 0 Å². The summed E-state index contributed by atoms with van der Waals surface area (Å²) in [7, 11) is 0. The van der Waals surface area contributed by atoms with Gasteiger partial charge in [0.2, 0.25) is 0 Å². The van der Waals surface area contributed by atoms with Gasteiger partial charge >= 0.3 is 0 Å². The van der Waals surface area contributed by atoms with E-state index in [1.165, 1.54) is 29.2 Å². The number of Topliss-reactive ketones (excluding diaryl/α,β-unsaturated/α-hetero) is 1. The summed E-state index contributed by atoms with van der Waals surface area (Å²) in [6.07, 6.45) is 3.15. The van der Waals surface area contributed by atoms with Crippen molar-refractivity contribution < 1.29 is 19.1 Å². The second kappa shape index (κ2) is 7.55. The Morgan fingerprint density at radius 2 is 1.77 bits per heavy atom. The molecular weight excluding hydrogens is 383 g/mol. The molecule has 0 aliphatic carbocycles. The number of aliphatic hydroxyl groups is 1. The van der Waals surface area contributed by atoms with E-state index in [0.717, 1.165) is 11.1 Å². The molecule has 1 unspecified atom stereocenters. The summed E-state index contributed by atoms with van der Waals surface area (Å²) in [6.45, 7) is 3.88. The number of anilines is 1.